The Hall–Kier alpha value is 0.00247. The minimum Gasteiger partial charge on any atom is -0.481 e. The van der Waals surface area contributed by atoms with Crippen LogP contribution < -0.4 is 0 Å². The van der Waals surface area contributed by atoms with Gasteiger partial charge in [0.25, 0.3) is 0 Å². The van der Waals surface area contributed by atoms with E-state index in [-0.39, 0.29) is 22.8 Å². The molecule has 0 rings (SSSR count). The largest absolute Gasteiger partial charge is 0.481 e. The van der Waals surface area contributed by atoms with Gasteiger partial charge < -0.3 is 5.11 Å². The molecule has 0 bridgehead atoms. The average molecular weight is 174 g/mol. The summed E-state index contributed by atoms with van der Waals surface area (Å²) in [5, 5.41) is 8.78. The molecule has 0 fully saturated rings. The third-order valence-electron chi connectivity index (χ3n) is 2.41. The summed E-state index contributed by atoms with van der Waals surface area (Å²) >= 11 is 0. The number of carboxylic acid groups (broad SMARTS) is 1. The molecule has 0 unspecified atom stereocenters. The topological polar surface area (TPSA) is 37.3 Å². The van der Waals surface area contributed by atoms with E-state index in [1.54, 1.807) is 13.8 Å². The van der Waals surface area contributed by atoms with Crippen molar-refractivity contribution in [2.24, 2.45) is 10.8 Å². The lowest BCUT2D eigenvalue weighted by atomic mass is 9.69. The zero-order chi connectivity index (χ0) is 8.58. The van der Waals surface area contributed by atoms with Crippen molar-refractivity contribution in [3.05, 3.63) is 0 Å². The van der Waals surface area contributed by atoms with E-state index in [1.165, 1.54) is 0 Å². The second kappa shape index (κ2) is 3.60. The van der Waals surface area contributed by atoms with Gasteiger partial charge in [-0.05, 0) is 19.3 Å². The zero-order valence-electron chi connectivity index (χ0n) is 7.36. The number of rotatable bonds is 1. The smallest absolute Gasteiger partial charge is 0.309 e. The Morgan fingerprint density at radius 2 is 1.36 bits per heavy atom. The van der Waals surface area contributed by atoms with Crippen LogP contribution in [0.3, 0.4) is 0 Å². The predicted octanol–water partition coefficient (Wildman–Crippen LogP) is 0.959. The summed E-state index contributed by atoms with van der Waals surface area (Å²) in [5.41, 5.74) is -0.828. The van der Waals surface area contributed by atoms with E-state index in [4.69, 9.17) is 5.11 Å². The molecular formula is C8H19AlO2. The van der Waals surface area contributed by atoms with Crippen LogP contribution in [0.5, 0.6) is 0 Å². The van der Waals surface area contributed by atoms with Crippen LogP contribution in [0.15, 0.2) is 0 Å². The first-order valence-electron chi connectivity index (χ1n) is 3.43. The monoisotopic (exact) mass is 174 g/mol. The SMILES string of the molecule is CC(C)(C)C(C)(C)C(=O)O.[AlH3]. The molecule has 11 heavy (non-hydrogen) atoms. The van der Waals surface area contributed by atoms with Gasteiger partial charge in [0, 0.05) is 0 Å². The second-order valence-corrected chi connectivity index (χ2v) is 4.18. The molecule has 0 aliphatic carbocycles. The molecule has 0 amide bonds. The van der Waals surface area contributed by atoms with Crippen molar-refractivity contribution in [1.29, 1.82) is 0 Å². The zero-order valence-corrected chi connectivity index (χ0v) is 7.36. The minimum absolute atomic E-state index is 0. The average Bonchev–Trinajstić information content (AvgIpc) is 1.62. The molecule has 0 aliphatic rings. The molecule has 66 valence electrons. The van der Waals surface area contributed by atoms with Crippen molar-refractivity contribution in [2.45, 2.75) is 34.6 Å². The molecule has 0 saturated heterocycles. The summed E-state index contributed by atoms with van der Waals surface area (Å²) in [6, 6.07) is 0. The third-order valence-corrected chi connectivity index (χ3v) is 2.41. The van der Waals surface area contributed by atoms with Crippen LogP contribution in [0.25, 0.3) is 0 Å². The molecule has 0 aromatic carbocycles. The van der Waals surface area contributed by atoms with Crippen molar-refractivity contribution < 1.29 is 9.90 Å². The summed E-state index contributed by atoms with van der Waals surface area (Å²) in [6.45, 7) is 9.29. The summed E-state index contributed by atoms with van der Waals surface area (Å²) in [5.74, 6) is -0.736. The Morgan fingerprint density at radius 3 is 1.36 bits per heavy atom. The first kappa shape index (κ1) is 13.6. The van der Waals surface area contributed by atoms with Gasteiger partial charge in [-0.3, -0.25) is 4.79 Å². The lowest BCUT2D eigenvalue weighted by Gasteiger charge is -2.34. The molecule has 3 heteroatoms. The number of hydrogen-bond acceptors (Lipinski definition) is 1. The van der Waals surface area contributed by atoms with Gasteiger partial charge in [0.2, 0.25) is 0 Å². The molecular weight excluding hydrogens is 155 g/mol. The third kappa shape index (κ3) is 2.85. The fourth-order valence-corrected chi connectivity index (χ4v) is 0.321. The number of hydrogen-bond donors (Lipinski definition) is 1. The van der Waals surface area contributed by atoms with Crippen molar-refractivity contribution in [3.63, 3.8) is 0 Å². The van der Waals surface area contributed by atoms with Gasteiger partial charge in [0.1, 0.15) is 0 Å². The Bertz CT molecular complexity index is 145. The van der Waals surface area contributed by atoms with E-state index in [2.05, 4.69) is 0 Å². The lowest BCUT2D eigenvalue weighted by molar-refractivity contribution is -0.153. The van der Waals surface area contributed by atoms with E-state index in [0.29, 0.717) is 0 Å². The van der Waals surface area contributed by atoms with Gasteiger partial charge >= 0.3 is 5.97 Å². The maximum Gasteiger partial charge on any atom is 0.309 e. The number of carboxylic acids is 1. The molecule has 0 saturated carbocycles. The highest BCUT2D eigenvalue weighted by Gasteiger charge is 2.39. The van der Waals surface area contributed by atoms with Gasteiger partial charge in [-0.2, -0.15) is 0 Å². The van der Waals surface area contributed by atoms with Crippen LogP contribution in [0.2, 0.25) is 0 Å². The summed E-state index contributed by atoms with van der Waals surface area (Å²) < 4.78 is 0. The predicted molar refractivity (Wildman–Crippen MR) is 50.8 cm³/mol. The minimum atomic E-state index is -0.736. The standard InChI is InChI=1S/C8H16O2.Al.3H/c1-7(2,3)8(4,5)6(9)10;;;;/h1-5H3,(H,9,10);;;;. The molecule has 0 atom stereocenters. The molecule has 0 aromatic rings. The fourth-order valence-electron chi connectivity index (χ4n) is 0.321. The Labute approximate surface area is 79.1 Å². The maximum atomic E-state index is 10.7. The maximum absolute atomic E-state index is 10.7. The van der Waals surface area contributed by atoms with Crippen LogP contribution >= 0.6 is 0 Å². The molecule has 0 spiro atoms. The van der Waals surface area contributed by atoms with Gasteiger partial charge in [0.15, 0.2) is 17.4 Å². The molecule has 2 nitrogen and oxygen atoms in total. The highest BCUT2D eigenvalue weighted by molar-refractivity contribution is 5.75. The van der Waals surface area contributed by atoms with E-state index in [1.807, 2.05) is 20.8 Å². The van der Waals surface area contributed by atoms with Gasteiger partial charge in [-0.25, -0.2) is 0 Å². The second-order valence-electron chi connectivity index (χ2n) is 4.18. The van der Waals surface area contributed by atoms with Crippen LogP contribution in [0.4, 0.5) is 0 Å². The van der Waals surface area contributed by atoms with E-state index < -0.39 is 11.4 Å². The fraction of sp³-hybridized carbons (Fsp3) is 0.875. The highest BCUT2D eigenvalue weighted by atomic mass is 27.0. The van der Waals surface area contributed by atoms with Gasteiger partial charge in [-0.15, -0.1) is 0 Å². The lowest BCUT2D eigenvalue weighted by Crippen LogP contribution is -2.37. The summed E-state index contributed by atoms with van der Waals surface area (Å²) in [7, 11) is 0. The van der Waals surface area contributed by atoms with E-state index in [9.17, 15) is 4.79 Å². The quantitative estimate of drug-likeness (QED) is 0.601. The van der Waals surface area contributed by atoms with Crippen molar-refractivity contribution in [3.8, 4) is 0 Å². The van der Waals surface area contributed by atoms with Crippen molar-refractivity contribution >= 4 is 23.3 Å². The number of carbonyl (C=O) groups is 1. The molecule has 0 aliphatic heterocycles. The van der Waals surface area contributed by atoms with Crippen LogP contribution in [-0.2, 0) is 4.79 Å². The van der Waals surface area contributed by atoms with Crippen LogP contribution in [0, 0.1) is 10.8 Å². The molecule has 0 aromatic heterocycles. The first-order valence-corrected chi connectivity index (χ1v) is 3.43. The molecule has 0 radical (unpaired) electrons. The van der Waals surface area contributed by atoms with Crippen molar-refractivity contribution in [2.75, 3.05) is 0 Å². The van der Waals surface area contributed by atoms with Gasteiger partial charge in [-0.1, -0.05) is 20.8 Å². The Morgan fingerprint density at radius 1 is 1.09 bits per heavy atom. The molecule has 0 heterocycles. The van der Waals surface area contributed by atoms with E-state index >= 15 is 0 Å². The van der Waals surface area contributed by atoms with Crippen LogP contribution in [0.1, 0.15) is 34.6 Å². The van der Waals surface area contributed by atoms with Crippen LogP contribution in [-0.4, -0.2) is 28.4 Å². The molecule has 1 N–H and O–H groups in total. The Kier molecular flexibility index (Phi) is 4.45. The van der Waals surface area contributed by atoms with Gasteiger partial charge in [0.05, 0.1) is 5.41 Å². The summed E-state index contributed by atoms with van der Waals surface area (Å²) in [6.07, 6.45) is 0. The Balaban J connectivity index is 0. The summed E-state index contributed by atoms with van der Waals surface area (Å²) in [4.78, 5) is 10.7. The normalized spacial score (nSPS) is 12.1. The van der Waals surface area contributed by atoms with E-state index in [0.717, 1.165) is 0 Å². The van der Waals surface area contributed by atoms with Crippen molar-refractivity contribution in [1.82, 2.24) is 0 Å². The first-order chi connectivity index (χ1) is 4.19. The highest BCUT2D eigenvalue weighted by Crippen LogP contribution is 2.37. The number of aliphatic carboxylic acids is 1.